The summed E-state index contributed by atoms with van der Waals surface area (Å²) in [7, 11) is 0. The van der Waals surface area contributed by atoms with Gasteiger partial charge < -0.3 is 9.47 Å². The summed E-state index contributed by atoms with van der Waals surface area (Å²) in [5.74, 6) is -0.837. The maximum absolute atomic E-state index is 11.5. The second kappa shape index (κ2) is 5.45. The number of halogens is 1. The molecule has 1 unspecified atom stereocenters. The van der Waals surface area contributed by atoms with Crippen LogP contribution >= 0.6 is 11.6 Å². The Balaban J connectivity index is 2.24. The van der Waals surface area contributed by atoms with E-state index >= 15 is 0 Å². The fourth-order valence-electron chi connectivity index (χ4n) is 1.71. The Kier molecular flexibility index (Phi) is 3.90. The molecule has 1 aliphatic heterocycles. The first-order chi connectivity index (χ1) is 9.04. The number of esters is 2. The van der Waals surface area contributed by atoms with E-state index in [1.165, 1.54) is 0 Å². The lowest BCUT2D eigenvalue weighted by molar-refractivity contribution is -0.137. The summed E-state index contributed by atoms with van der Waals surface area (Å²) >= 11 is 6.05. The van der Waals surface area contributed by atoms with Crippen LogP contribution in [0.2, 0.25) is 0 Å². The molecule has 100 valence electrons. The molecule has 0 N–H and O–H groups in total. The van der Waals surface area contributed by atoms with Crippen molar-refractivity contribution in [3.05, 3.63) is 40.4 Å². The zero-order chi connectivity index (χ0) is 14.0. The smallest absolute Gasteiger partial charge is 0.338 e. The first kappa shape index (κ1) is 13.6. The van der Waals surface area contributed by atoms with Gasteiger partial charge in [0.1, 0.15) is 0 Å². The van der Waals surface area contributed by atoms with Crippen molar-refractivity contribution in [1.29, 1.82) is 0 Å². The van der Waals surface area contributed by atoms with Gasteiger partial charge in [0.05, 0.1) is 23.1 Å². The predicted octanol–water partition coefficient (Wildman–Crippen LogP) is 2.96. The monoisotopic (exact) mass is 280 g/mol. The second-order valence-corrected chi connectivity index (χ2v) is 4.52. The van der Waals surface area contributed by atoms with E-state index in [2.05, 4.69) is 0 Å². The highest BCUT2D eigenvalue weighted by Gasteiger charge is 2.31. The quantitative estimate of drug-likeness (QED) is 0.799. The molecule has 1 aliphatic rings. The Labute approximate surface area is 116 Å². The van der Waals surface area contributed by atoms with Gasteiger partial charge in [-0.05, 0) is 26.0 Å². The average Bonchev–Trinajstić information content (AvgIpc) is 2.67. The molecule has 0 aliphatic carbocycles. The maximum Gasteiger partial charge on any atom is 0.338 e. The molecular formula is C14H13ClO4. The van der Waals surface area contributed by atoms with E-state index in [9.17, 15) is 9.59 Å². The summed E-state index contributed by atoms with van der Waals surface area (Å²) in [5.41, 5.74) is 1.11. The molecule has 1 aromatic carbocycles. The van der Waals surface area contributed by atoms with Gasteiger partial charge in [-0.25, -0.2) is 4.79 Å². The Morgan fingerprint density at radius 2 is 2.00 bits per heavy atom. The van der Waals surface area contributed by atoms with E-state index in [4.69, 9.17) is 21.1 Å². The van der Waals surface area contributed by atoms with Crippen LogP contribution < -0.4 is 0 Å². The van der Waals surface area contributed by atoms with Crippen molar-refractivity contribution in [2.45, 2.75) is 13.8 Å². The summed E-state index contributed by atoms with van der Waals surface area (Å²) in [4.78, 5) is 22.9. The molecule has 1 aromatic rings. The van der Waals surface area contributed by atoms with E-state index in [0.717, 1.165) is 0 Å². The summed E-state index contributed by atoms with van der Waals surface area (Å²) in [6.07, 6.45) is 0. The third kappa shape index (κ3) is 2.63. The molecule has 0 amide bonds. The Morgan fingerprint density at radius 3 is 2.47 bits per heavy atom. The molecule has 4 nitrogen and oxygen atoms in total. The van der Waals surface area contributed by atoms with Crippen LogP contribution in [0.3, 0.4) is 0 Å². The van der Waals surface area contributed by atoms with Crippen LogP contribution in [-0.4, -0.2) is 18.5 Å². The number of cyclic esters (lactones) is 1. The van der Waals surface area contributed by atoms with Crippen LogP contribution in [0.15, 0.2) is 29.3 Å². The summed E-state index contributed by atoms with van der Waals surface area (Å²) in [5, 5.41) is 0.383. The minimum absolute atomic E-state index is 0.326. The molecular weight excluding hydrogens is 268 g/mol. The lowest BCUT2D eigenvalue weighted by Gasteiger charge is -2.05. The highest BCUT2D eigenvalue weighted by Crippen LogP contribution is 2.35. The van der Waals surface area contributed by atoms with Crippen LogP contribution in [0, 0.1) is 5.92 Å². The fraction of sp³-hybridized carbons (Fsp3) is 0.286. The average molecular weight is 281 g/mol. The largest absolute Gasteiger partial charge is 0.462 e. The Bertz CT molecular complexity index is 545. The Hall–Kier alpha value is -1.81. The highest BCUT2D eigenvalue weighted by atomic mass is 35.5. The van der Waals surface area contributed by atoms with Gasteiger partial charge in [0.15, 0.2) is 5.76 Å². The van der Waals surface area contributed by atoms with Crippen molar-refractivity contribution in [3.63, 3.8) is 0 Å². The molecule has 0 aromatic heterocycles. The molecule has 1 atom stereocenters. The molecule has 5 heteroatoms. The fourth-order valence-corrected chi connectivity index (χ4v) is 1.94. The van der Waals surface area contributed by atoms with Crippen molar-refractivity contribution in [1.82, 2.24) is 0 Å². The summed E-state index contributed by atoms with van der Waals surface area (Å²) in [6, 6.07) is 6.58. The van der Waals surface area contributed by atoms with Gasteiger partial charge in [-0.1, -0.05) is 23.7 Å². The molecule has 1 heterocycles. The van der Waals surface area contributed by atoms with E-state index in [-0.39, 0.29) is 11.9 Å². The lowest BCUT2D eigenvalue weighted by atomic mass is 10.1. The highest BCUT2D eigenvalue weighted by molar-refractivity contribution is 6.35. The summed E-state index contributed by atoms with van der Waals surface area (Å²) < 4.78 is 10.00. The molecule has 0 bridgehead atoms. The molecule has 0 radical (unpaired) electrons. The van der Waals surface area contributed by atoms with E-state index in [1.54, 1.807) is 38.1 Å². The number of ether oxygens (including phenoxy) is 2. The molecule has 0 spiro atoms. The van der Waals surface area contributed by atoms with Crippen LogP contribution in [0.1, 0.15) is 29.8 Å². The number of hydrogen-bond donors (Lipinski definition) is 0. The predicted molar refractivity (Wildman–Crippen MR) is 70.4 cm³/mol. The second-order valence-electron chi connectivity index (χ2n) is 4.12. The van der Waals surface area contributed by atoms with Crippen molar-refractivity contribution >= 4 is 29.3 Å². The third-order valence-corrected chi connectivity index (χ3v) is 3.31. The third-order valence-electron chi connectivity index (χ3n) is 2.81. The zero-order valence-corrected chi connectivity index (χ0v) is 11.4. The molecule has 0 fully saturated rings. The lowest BCUT2D eigenvalue weighted by Crippen LogP contribution is -2.05. The van der Waals surface area contributed by atoms with Gasteiger partial charge >= 0.3 is 11.9 Å². The topological polar surface area (TPSA) is 52.6 Å². The van der Waals surface area contributed by atoms with Crippen LogP contribution in [0.25, 0.3) is 5.76 Å². The molecule has 0 saturated carbocycles. The van der Waals surface area contributed by atoms with Crippen LogP contribution in [0.5, 0.6) is 0 Å². The first-order valence-corrected chi connectivity index (χ1v) is 6.31. The van der Waals surface area contributed by atoms with Gasteiger partial charge in [-0.15, -0.1) is 0 Å². The minimum atomic E-state index is -0.443. The molecule has 0 saturated heterocycles. The zero-order valence-electron chi connectivity index (χ0n) is 10.6. The van der Waals surface area contributed by atoms with Gasteiger partial charge in [0, 0.05) is 5.56 Å². The van der Waals surface area contributed by atoms with Crippen molar-refractivity contribution < 1.29 is 19.1 Å². The van der Waals surface area contributed by atoms with Crippen molar-refractivity contribution in [3.8, 4) is 0 Å². The normalized spacial score (nSPS) is 18.5. The van der Waals surface area contributed by atoms with E-state index in [1.807, 2.05) is 0 Å². The molecule has 19 heavy (non-hydrogen) atoms. The van der Waals surface area contributed by atoms with Crippen molar-refractivity contribution in [2.75, 3.05) is 6.61 Å². The van der Waals surface area contributed by atoms with Crippen LogP contribution in [0.4, 0.5) is 0 Å². The minimum Gasteiger partial charge on any atom is -0.462 e. The maximum atomic E-state index is 11.5. The standard InChI is InChI=1S/C14H13ClO4/c1-3-18-14(17)10-6-4-9(5-7-10)12-11(15)8(2)13(16)19-12/h4-8H,3H2,1-2H3. The number of carbonyl (C=O) groups is 2. The number of benzene rings is 1. The van der Waals surface area contributed by atoms with Gasteiger partial charge in [0.25, 0.3) is 0 Å². The van der Waals surface area contributed by atoms with Gasteiger partial charge in [-0.3, -0.25) is 4.79 Å². The number of hydrogen-bond acceptors (Lipinski definition) is 4. The van der Waals surface area contributed by atoms with E-state index in [0.29, 0.717) is 28.5 Å². The number of carbonyl (C=O) groups excluding carboxylic acids is 2. The van der Waals surface area contributed by atoms with Gasteiger partial charge in [0.2, 0.25) is 0 Å². The molecule has 2 rings (SSSR count). The Morgan fingerprint density at radius 1 is 1.37 bits per heavy atom. The van der Waals surface area contributed by atoms with Crippen molar-refractivity contribution in [2.24, 2.45) is 5.92 Å². The number of rotatable bonds is 3. The van der Waals surface area contributed by atoms with Crippen LogP contribution in [-0.2, 0) is 14.3 Å². The SMILES string of the molecule is CCOC(=O)c1ccc(C2=C(Cl)C(C)C(=O)O2)cc1. The van der Waals surface area contributed by atoms with Gasteiger partial charge in [-0.2, -0.15) is 0 Å². The summed E-state index contributed by atoms with van der Waals surface area (Å²) in [6.45, 7) is 3.76. The first-order valence-electron chi connectivity index (χ1n) is 5.93. The van der Waals surface area contributed by atoms with E-state index < -0.39 is 5.92 Å².